The molecule has 0 aromatic heterocycles. The van der Waals surface area contributed by atoms with Gasteiger partial charge in [0.25, 0.3) is 5.91 Å². The van der Waals surface area contributed by atoms with Crippen molar-refractivity contribution in [2.75, 3.05) is 17.3 Å². The lowest BCUT2D eigenvalue weighted by molar-refractivity contribution is -0.143. The zero-order valence-corrected chi connectivity index (χ0v) is 27.7. The molecule has 3 rings (SSSR count). The Morgan fingerprint density at radius 2 is 1.57 bits per heavy atom. The van der Waals surface area contributed by atoms with Gasteiger partial charge in [0.1, 0.15) is 23.4 Å². The molecule has 0 fully saturated rings. The fourth-order valence-electron chi connectivity index (χ4n) is 5.05. The number of alkyl carbamates (subject to hydrolysis) is 1. The van der Waals surface area contributed by atoms with Crippen LogP contribution in [0.2, 0.25) is 0 Å². The first kappa shape index (κ1) is 34.8. The van der Waals surface area contributed by atoms with Crippen molar-refractivity contribution in [1.29, 1.82) is 0 Å². The molecule has 44 heavy (non-hydrogen) atoms. The van der Waals surface area contributed by atoms with Crippen LogP contribution in [0.15, 0.2) is 66.7 Å². The van der Waals surface area contributed by atoms with Crippen LogP contribution in [0.25, 0.3) is 10.8 Å². The lowest BCUT2D eigenvalue weighted by Gasteiger charge is -2.39. The Morgan fingerprint density at radius 1 is 0.909 bits per heavy atom. The van der Waals surface area contributed by atoms with E-state index < -0.39 is 41.6 Å². The highest BCUT2D eigenvalue weighted by molar-refractivity contribution is 7.98. The molecule has 0 heterocycles. The van der Waals surface area contributed by atoms with Crippen molar-refractivity contribution >= 4 is 46.1 Å². The Labute approximate surface area is 265 Å². The maximum absolute atomic E-state index is 14.6. The lowest BCUT2D eigenvalue weighted by atomic mass is 9.96. The summed E-state index contributed by atoms with van der Waals surface area (Å²) in [7, 11) is 0. The molecule has 3 aromatic rings. The number of fused-ring (bicyclic) bond motifs is 1. The molecule has 0 bridgehead atoms. The highest BCUT2D eigenvalue weighted by Gasteiger charge is 2.40. The average molecular weight is 622 g/mol. The summed E-state index contributed by atoms with van der Waals surface area (Å²) in [5.74, 6) is -0.00169. The van der Waals surface area contributed by atoms with Crippen LogP contribution in [-0.4, -0.2) is 57.6 Å². The number of nitrogens with zero attached hydrogens (tertiary/aromatic N) is 1. The number of amides is 3. The minimum absolute atomic E-state index is 0.0965. The molecule has 8 nitrogen and oxygen atoms in total. The molecule has 3 unspecified atom stereocenters. The number of para-hydroxylation sites is 1. The zero-order valence-electron chi connectivity index (χ0n) is 26.9. The van der Waals surface area contributed by atoms with E-state index in [4.69, 9.17) is 4.74 Å². The Bertz CT molecular complexity index is 1420. The van der Waals surface area contributed by atoms with Crippen molar-refractivity contribution in [2.24, 2.45) is 5.92 Å². The molecule has 238 valence electrons. The molecule has 0 aliphatic carbocycles. The van der Waals surface area contributed by atoms with Crippen LogP contribution in [0, 0.1) is 5.92 Å². The number of nitrogens with one attached hydrogen (secondary N) is 2. The molecule has 0 saturated carbocycles. The summed E-state index contributed by atoms with van der Waals surface area (Å²) in [5.41, 5.74) is 0.123. The van der Waals surface area contributed by atoms with Gasteiger partial charge in [-0.25, -0.2) is 4.79 Å². The number of hydrogen-bond donors (Lipinski definition) is 3. The van der Waals surface area contributed by atoms with E-state index in [0.717, 1.165) is 17.2 Å². The van der Waals surface area contributed by atoms with Gasteiger partial charge >= 0.3 is 6.09 Å². The monoisotopic (exact) mass is 621 g/mol. The topological polar surface area (TPSA) is 108 Å². The van der Waals surface area contributed by atoms with Crippen LogP contribution in [-0.2, 0) is 14.3 Å². The largest absolute Gasteiger partial charge is 0.508 e. The van der Waals surface area contributed by atoms with Gasteiger partial charge in [0.05, 0.1) is 0 Å². The van der Waals surface area contributed by atoms with Crippen molar-refractivity contribution in [3.63, 3.8) is 0 Å². The fourth-order valence-corrected chi connectivity index (χ4v) is 5.52. The molecular formula is C35H47N3O5S. The fraction of sp³-hybridized carbons (Fsp3) is 0.457. The maximum atomic E-state index is 14.6. The summed E-state index contributed by atoms with van der Waals surface area (Å²) in [4.78, 5) is 43.3. The van der Waals surface area contributed by atoms with Crippen LogP contribution < -0.4 is 10.6 Å². The lowest BCUT2D eigenvalue weighted by Crippen LogP contribution is -2.55. The van der Waals surface area contributed by atoms with Crippen molar-refractivity contribution in [3.8, 4) is 5.75 Å². The van der Waals surface area contributed by atoms with E-state index in [1.807, 2.05) is 55.6 Å². The predicted molar refractivity (Wildman–Crippen MR) is 180 cm³/mol. The summed E-state index contributed by atoms with van der Waals surface area (Å²) in [6.07, 6.45) is 3.01. The molecule has 3 aromatic carbocycles. The van der Waals surface area contributed by atoms with Gasteiger partial charge in [-0.1, -0.05) is 62.4 Å². The Hall–Kier alpha value is -3.72. The average Bonchev–Trinajstić information content (AvgIpc) is 2.96. The molecule has 0 aliphatic heterocycles. The highest BCUT2D eigenvalue weighted by Crippen LogP contribution is 2.34. The maximum Gasteiger partial charge on any atom is 0.408 e. The number of carbonyl (C=O) groups is 3. The second kappa shape index (κ2) is 15.8. The van der Waals surface area contributed by atoms with Gasteiger partial charge in [0, 0.05) is 17.3 Å². The molecule has 9 heteroatoms. The number of anilines is 1. The van der Waals surface area contributed by atoms with Crippen molar-refractivity contribution in [2.45, 2.75) is 84.5 Å². The molecule has 3 N–H and O–H groups in total. The summed E-state index contributed by atoms with van der Waals surface area (Å²) < 4.78 is 5.50. The number of aromatic hydroxyl groups is 1. The first-order valence-electron chi connectivity index (χ1n) is 15.2. The smallest absolute Gasteiger partial charge is 0.408 e. The summed E-state index contributed by atoms with van der Waals surface area (Å²) >= 11 is 1.56. The zero-order chi connectivity index (χ0) is 32.4. The molecule has 0 saturated heterocycles. The summed E-state index contributed by atoms with van der Waals surface area (Å²) in [6.45, 7) is 11.4. The summed E-state index contributed by atoms with van der Waals surface area (Å²) in [6, 6.07) is 17.6. The second-order valence-electron chi connectivity index (χ2n) is 12.6. The van der Waals surface area contributed by atoms with E-state index >= 15 is 0 Å². The minimum atomic E-state index is -1.17. The number of carbonyl (C=O) groups excluding carboxylic acids is 3. The number of ether oxygens (including phenoxy) is 1. The first-order valence-corrected chi connectivity index (χ1v) is 16.6. The van der Waals surface area contributed by atoms with Gasteiger partial charge in [0.2, 0.25) is 5.91 Å². The molecule has 0 spiro atoms. The van der Waals surface area contributed by atoms with Crippen molar-refractivity contribution in [1.82, 2.24) is 10.2 Å². The third-order valence-electron chi connectivity index (χ3n) is 7.27. The number of rotatable bonds is 13. The van der Waals surface area contributed by atoms with E-state index in [2.05, 4.69) is 24.5 Å². The van der Waals surface area contributed by atoms with Crippen molar-refractivity contribution in [3.05, 3.63) is 72.3 Å². The predicted octanol–water partition coefficient (Wildman–Crippen LogP) is 7.52. The van der Waals surface area contributed by atoms with Gasteiger partial charge in [-0.2, -0.15) is 11.8 Å². The van der Waals surface area contributed by atoms with Crippen LogP contribution in [0.3, 0.4) is 0 Å². The first-order chi connectivity index (χ1) is 20.8. The van der Waals surface area contributed by atoms with E-state index in [0.29, 0.717) is 35.8 Å². The third kappa shape index (κ3) is 9.91. The van der Waals surface area contributed by atoms with Crippen LogP contribution in [0.4, 0.5) is 10.5 Å². The van der Waals surface area contributed by atoms with Crippen LogP contribution in [0.1, 0.15) is 72.4 Å². The normalized spacial score (nSPS) is 13.6. The minimum Gasteiger partial charge on any atom is -0.508 e. The standard InChI is InChI=1S/C35H47N3O5S/c1-23(2)16-17-24(3)38(33(41)29(20-21-44-7)37-34(42)43-35(4,5)6)31(28-14-10-11-15-30(28)39)32(40)36-27-19-18-25-12-8-9-13-26(25)22-27/h8-15,18-19,22-24,29,31,39H,16-17,20-21H2,1-7H3,(H,36,40)(H,37,42). The third-order valence-corrected chi connectivity index (χ3v) is 7.91. The highest BCUT2D eigenvalue weighted by atomic mass is 32.2. The van der Waals surface area contributed by atoms with Gasteiger partial charge in [-0.3, -0.25) is 9.59 Å². The Kier molecular flexibility index (Phi) is 12.5. The van der Waals surface area contributed by atoms with Crippen molar-refractivity contribution < 1.29 is 24.2 Å². The Balaban J connectivity index is 2.09. The quantitative estimate of drug-likeness (QED) is 0.182. The number of hydrogen-bond acceptors (Lipinski definition) is 6. The SMILES string of the molecule is CSCCC(NC(=O)OC(C)(C)C)C(=O)N(C(C)CCC(C)C)C(C(=O)Nc1ccc2ccccc2c1)c1ccccc1O. The van der Waals surface area contributed by atoms with Crippen LogP contribution >= 0.6 is 11.8 Å². The number of thioether (sulfide) groups is 1. The van der Waals surface area contributed by atoms with E-state index in [1.165, 1.54) is 11.0 Å². The number of phenolic OH excluding ortho intramolecular Hbond substituents is 1. The molecule has 3 atom stereocenters. The number of phenols is 1. The van der Waals surface area contributed by atoms with E-state index in [1.54, 1.807) is 50.7 Å². The van der Waals surface area contributed by atoms with Gasteiger partial charge in [-0.05, 0) is 93.9 Å². The van der Waals surface area contributed by atoms with E-state index in [9.17, 15) is 19.5 Å². The molecular weight excluding hydrogens is 574 g/mol. The van der Waals surface area contributed by atoms with E-state index in [-0.39, 0.29) is 5.75 Å². The van der Waals surface area contributed by atoms with Crippen LogP contribution in [0.5, 0.6) is 5.75 Å². The Morgan fingerprint density at radius 3 is 2.20 bits per heavy atom. The number of benzene rings is 3. The molecule has 0 radical (unpaired) electrons. The van der Waals surface area contributed by atoms with Gasteiger partial charge in [0.15, 0.2) is 0 Å². The van der Waals surface area contributed by atoms with Gasteiger partial charge < -0.3 is 25.4 Å². The summed E-state index contributed by atoms with van der Waals surface area (Å²) in [5, 5.41) is 18.8. The molecule has 0 aliphatic rings. The second-order valence-corrected chi connectivity index (χ2v) is 13.5. The molecule has 3 amide bonds. The van der Waals surface area contributed by atoms with Gasteiger partial charge in [-0.15, -0.1) is 0 Å².